The van der Waals surface area contributed by atoms with Crippen molar-refractivity contribution < 1.29 is 19.1 Å². The van der Waals surface area contributed by atoms with Crippen molar-refractivity contribution in [3.63, 3.8) is 0 Å². The number of rotatable bonds is 0. The van der Waals surface area contributed by atoms with Gasteiger partial charge < -0.3 is 9.47 Å². The molecule has 2 fully saturated rings. The maximum atomic E-state index is 10.2. The second-order valence-corrected chi connectivity index (χ2v) is 3.86. The van der Waals surface area contributed by atoms with Crippen molar-refractivity contribution in [3.8, 4) is 0 Å². The lowest BCUT2D eigenvalue weighted by atomic mass is 10.0. The molecular weight excluding hydrogens is 184 g/mol. The molecule has 0 saturated carbocycles. The predicted molar refractivity (Wildman–Crippen MR) is 49.4 cm³/mol. The summed E-state index contributed by atoms with van der Waals surface area (Å²) in [6.45, 7) is 7.53. The minimum atomic E-state index is -0.0625. The Balaban J connectivity index is 0.000000140. The molecule has 2 heterocycles. The Bertz CT molecular complexity index is 223. The molecule has 4 nitrogen and oxygen atoms in total. The SMILES string of the molecule is C[C@@H]1OC(=O)[C@H]1C.C[C@H]1OC(=O)[C@@H]1C. The van der Waals surface area contributed by atoms with Crippen molar-refractivity contribution in [2.75, 3.05) is 0 Å². The molecule has 0 aromatic rings. The van der Waals surface area contributed by atoms with E-state index in [0.29, 0.717) is 0 Å². The van der Waals surface area contributed by atoms with E-state index in [2.05, 4.69) is 9.47 Å². The number of ether oxygens (including phenoxy) is 2. The van der Waals surface area contributed by atoms with E-state index < -0.39 is 0 Å². The Morgan fingerprint density at radius 2 is 1.07 bits per heavy atom. The minimum absolute atomic E-state index is 0.0625. The summed E-state index contributed by atoms with van der Waals surface area (Å²) in [4.78, 5) is 20.4. The summed E-state index contributed by atoms with van der Waals surface area (Å²) >= 11 is 0. The lowest BCUT2D eigenvalue weighted by Gasteiger charge is -2.28. The van der Waals surface area contributed by atoms with Gasteiger partial charge >= 0.3 is 11.9 Å². The van der Waals surface area contributed by atoms with E-state index in [1.807, 2.05) is 27.7 Å². The molecule has 0 aliphatic carbocycles. The van der Waals surface area contributed by atoms with Crippen LogP contribution in [0, 0.1) is 11.8 Å². The molecule has 0 aromatic heterocycles. The highest BCUT2D eigenvalue weighted by Gasteiger charge is 2.34. The van der Waals surface area contributed by atoms with E-state index in [9.17, 15) is 9.59 Å². The lowest BCUT2D eigenvalue weighted by molar-refractivity contribution is -0.180. The summed E-state index contributed by atoms with van der Waals surface area (Å²) in [6.07, 6.45) is 0.319. The Kier molecular flexibility index (Phi) is 3.13. The number of esters is 2. The van der Waals surface area contributed by atoms with Crippen LogP contribution < -0.4 is 0 Å². The van der Waals surface area contributed by atoms with Crippen molar-refractivity contribution in [2.45, 2.75) is 39.9 Å². The highest BCUT2D eigenvalue weighted by Crippen LogP contribution is 2.20. The molecule has 0 N–H and O–H groups in total. The second kappa shape index (κ2) is 3.98. The second-order valence-electron chi connectivity index (χ2n) is 3.86. The maximum absolute atomic E-state index is 10.2. The van der Waals surface area contributed by atoms with Crippen molar-refractivity contribution >= 4 is 11.9 Å². The zero-order valence-electron chi connectivity index (χ0n) is 8.94. The van der Waals surface area contributed by atoms with E-state index in [1.165, 1.54) is 0 Å². The van der Waals surface area contributed by atoms with Gasteiger partial charge in [-0.3, -0.25) is 9.59 Å². The fraction of sp³-hybridized carbons (Fsp3) is 0.800. The fourth-order valence-corrected chi connectivity index (χ4v) is 1.02. The zero-order valence-corrected chi connectivity index (χ0v) is 8.94. The van der Waals surface area contributed by atoms with Crippen LogP contribution in [0.5, 0.6) is 0 Å². The van der Waals surface area contributed by atoms with Gasteiger partial charge in [-0.25, -0.2) is 0 Å². The third-order valence-corrected chi connectivity index (χ3v) is 2.76. The Labute approximate surface area is 83.6 Å². The summed E-state index contributed by atoms with van der Waals surface area (Å²) in [5, 5.41) is 0. The van der Waals surface area contributed by atoms with E-state index >= 15 is 0 Å². The molecule has 0 radical (unpaired) electrons. The molecule has 14 heavy (non-hydrogen) atoms. The Morgan fingerprint density at radius 3 is 1.07 bits per heavy atom. The molecule has 0 unspecified atom stereocenters. The van der Waals surface area contributed by atoms with Crippen LogP contribution in [-0.2, 0) is 19.1 Å². The molecule has 4 heteroatoms. The third kappa shape index (κ3) is 2.05. The topological polar surface area (TPSA) is 52.6 Å². The zero-order chi connectivity index (χ0) is 10.9. The standard InChI is InChI=1S/2C5H8O2/c2*1-3-4(2)7-5(3)6/h2*3-4H,1-2H3/t2*3-,4-/m10/s1. The lowest BCUT2D eigenvalue weighted by Crippen LogP contribution is -2.40. The minimum Gasteiger partial charge on any atom is -0.461 e. The predicted octanol–water partition coefficient (Wildman–Crippen LogP) is 1.14. The van der Waals surface area contributed by atoms with Crippen LogP contribution in [-0.4, -0.2) is 24.1 Å². The molecule has 2 aliphatic rings. The van der Waals surface area contributed by atoms with Crippen LogP contribution in [0.25, 0.3) is 0 Å². The first-order chi connectivity index (χ1) is 6.43. The maximum Gasteiger partial charge on any atom is 0.312 e. The summed E-state index contributed by atoms with van der Waals surface area (Å²) in [7, 11) is 0. The number of hydrogen-bond donors (Lipinski definition) is 0. The van der Waals surface area contributed by atoms with Crippen LogP contribution in [0.3, 0.4) is 0 Å². The van der Waals surface area contributed by atoms with Crippen molar-refractivity contribution in [2.24, 2.45) is 11.8 Å². The third-order valence-electron chi connectivity index (χ3n) is 2.76. The van der Waals surface area contributed by atoms with E-state index in [0.717, 1.165) is 0 Å². The van der Waals surface area contributed by atoms with Gasteiger partial charge in [-0.05, 0) is 27.7 Å². The number of cyclic esters (lactones) is 2. The van der Waals surface area contributed by atoms with Crippen LogP contribution >= 0.6 is 0 Å². The highest BCUT2D eigenvalue weighted by molar-refractivity contribution is 5.78. The molecule has 0 spiro atoms. The quantitative estimate of drug-likeness (QED) is 0.550. The number of carbonyl (C=O) groups is 2. The van der Waals surface area contributed by atoms with Gasteiger partial charge in [0.25, 0.3) is 0 Å². The molecule has 2 aliphatic heterocycles. The molecule has 4 atom stereocenters. The molecule has 80 valence electrons. The highest BCUT2D eigenvalue weighted by atomic mass is 16.6. The van der Waals surface area contributed by atoms with Gasteiger partial charge in [0.15, 0.2) is 0 Å². The fourth-order valence-electron chi connectivity index (χ4n) is 1.02. The number of carbonyl (C=O) groups excluding carboxylic acids is 2. The smallest absolute Gasteiger partial charge is 0.312 e. The summed E-state index contributed by atoms with van der Waals surface area (Å²) < 4.78 is 9.22. The van der Waals surface area contributed by atoms with Crippen LogP contribution in [0.4, 0.5) is 0 Å². The van der Waals surface area contributed by atoms with Gasteiger partial charge in [-0.15, -0.1) is 0 Å². The normalized spacial score (nSPS) is 39.4. The van der Waals surface area contributed by atoms with Crippen molar-refractivity contribution in [1.29, 1.82) is 0 Å². The average molecular weight is 200 g/mol. The first-order valence-corrected chi connectivity index (χ1v) is 4.84. The number of hydrogen-bond acceptors (Lipinski definition) is 4. The molecule has 2 rings (SSSR count). The first-order valence-electron chi connectivity index (χ1n) is 4.84. The van der Waals surface area contributed by atoms with Crippen LogP contribution in [0.2, 0.25) is 0 Å². The van der Waals surface area contributed by atoms with E-state index in [-0.39, 0.29) is 36.0 Å². The molecule has 0 amide bonds. The van der Waals surface area contributed by atoms with Crippen LogP contribution in [0.15, 0.2) is 0 Å². The molecule has 0 aromatic carbocycles. The van der Waals surface area contributed by atoms with Gasteiger partial charge in [0, 0.05) is 0 Å². The van der Waals surface area contributed by atoms with Gasteiger partial charge in [0.1, 0.15) is 12.2 Å². The summed E-state index contributed by atoms with van der Waals surface area (Å²) in [5.41, 5.74) is 0. The van der Waals surface area contributed by atoms with Crippen molar-refractivity contribution in [1.82, 2.24) is 0 Å². The average Bonchev–Trinajstić information content (AvgIpc) is 2.19. The monoisotopic (exact) mass is 200 g/mol. The Morgan fingerprint density at radius 1 is 0.786 bits per heavy atom. The van der Waals surface area contributed by atoms with Gasteiger partial charge in [-0.2, -0.15) is 0 Å². The van der Waals surface area contributed by atoms with E-state index in [4.69, 9.17) is 0 Å². The Hall–Kier alpha value is -1.06. The van der Waals surface area contributed by atoms with Gasteiger partial charge in [0.2, 0.25) is 0 Å². The van der Waals surface area contributed by atoms with Crippen molar-refractivity contribution in [3.05, 3.63) is 0 Å². The first kappa shape index (κ1) is 11.0. The largest absolute Gasteiger partial charge is 0.461 e. The van der Waals surface area contributed by atoms with Gasteiger partial charge in [-0.1, -0.05) is 0 Å². The molecule has 2 saturated heterocycles. The molecule has 0 bridgehead atoms. The van der Waals surface area contributed by atoms with Gasteiger partial charge in [0.05, 0.1) is 11.8 Å². The molecular formula is C10H16O4. The summed E-state index contributed by atoms with van der Waals surface area (Å²) in [6, 6.07) is 0. The van der Waals surface area contributed by atoms with Crippen LogP contribution in [0.1, 0.15) is 27.7 Å². The van der Waals surface area contributed by atoms with E-state index in [1.54, 1.807) is 0 Å². The summed E-state index contributed by atoms with van der Waals surface area (Å²) in [5.74, 6) is 0.153.